The van der Waals surface area contributed by atoms with Crippen molar-refractivity contribution in [3.8, 4) is 5.75 Å². The van der Waals surface area contributed by atoms with E-state index in [4.69, 9.17) is 0 Å². The summed E-state index contributed by atoms with van der Waals surface area (Å²) in [6.45, 7) is 2.16. The molecule has 0 spiro atoms. The van der Waals surface area contributed by atoms with Crippen molar-refractivity contribution in [2.24, 2.45) is 5.92 Å². The van der Waals surface area contributed by atoms with E-state index in [-0.39, 0.29) is 35.9 Å². The van der Waals surface area contributed by atoms with Crippen LogP contribution in [0.3, 0.4) is 0 Å². The molecule has 172 valence electrons. The molecule has 2 saturated heterocycles. The fraction of sp³-hybridized carbons (Fsp3) is 0.650. The number of piperidine rings is 1. The highest BCUT2D eigenvalue weighted by Gasteiger charge is 2.37. The highest BCUT2D eigenvalue weighted by atomic mass is 32.2. The predicted molar refractivity (Wildman–Crippen MR) is 106 cm³/mol. The van der Waals surface area contributed by atoms with Gasteiger partial charge >= 0.3 is 6.36 Å². The van der Waals surface area contributed by atoms with Gasteiger partial charge in [0.1, 0.15) is 5.75 Å². The first-order valence-corrected chi connectivity index (χ1v) is 12.0. The Kier molecular flexibility index (Phi) is 6.19. The Balaban J connectivity index is 1.31. The Morgan fingerprint density at radius 2 is 1.77 bits per heavy atom. The van der Waals surface area contributed by atoms with Crippen LogP contribution < -0.4 is 10.1 Å². The number of sulfonamides is 1. The van der Waals surface area contributed by atoms with Crippen molar-refractivity contribution in [1.29, 1.82) is 0 Å². The molecule has 1 atom stereocenters. The molecule has 31 heavy (non-hydrogen) atoms. The third-order valence-corrected chi connectivity index (χ3v) is 8.03. The van der Waals surface area contributed by atoms with Gasteiger partial charge in [0.15, 0.2) is 0 Å². The number of hydrogen-bond acceptors (Lipinski definition) is 5. The van der Waals surface area contributed by atoms with Crippen molar-refractivity contribution >= 4 is 15.9 Å². The van der Waals surface area contributed by atoms with E-state index in [0.29, 0.717) is 18.9 Å². The minimum absolute atomic E-state index is 0.0414. The summed E-state index contributed by atoms with van der Waals surface area (Å²) in [5.41, 5.74) is 0. The maximum atomic E-state index is 12.8. The van der Waals surface area contributed by atoms with Crippen molar-refractivity contribution in [1.82, 2.24) is 14.5 Å². The van der Waals surface area contributed by atoms with E-state index in [1.54, 1.807) is 0 Å². The minimum Gasteiger partial charge on any atom is -0.406 e. The fourth-order valence-electron chi connectivity index (χ4n) is 4.33. The first-order chi connectivity index (χ1) is 14.6. The molecular weight excluding hydrogens is 435 g/mol. The van der Waals surface area contributed by atoms with Gasteiger partial charge in [-0.15, -0.1) is 13.2 Å². The average Bonchev–Trinajstić information content (AvgIpc) is 3.46. The van der Waals surface area contributed by atoms with Gasteiger partial charge in [-0.3, -0.25) is 9.69 Å². The molecule has 1 N–H and O–H groups in total. The van der Waals surface area contributed by atoms with Gasteiger partial charge in [-0.25, -0.2) is 8.42 Å². The predicted octanol–water partition coefficient (Wildman–Crippen LogP) is 2.34. The number of likely N-dealkylation sites (tertiary alicyclic amines) is 1. The molecule has 2 heterocycles. The minimum atomic E-state index is -4.90. The number of benzene rings is 1. The van der Waals surface area contributed by atoms with Gasteiger partial charge in [-0.1, -0.05) is 6.07 Å². The van der Waals surface area contributed by atoms with Crippen LogP contribution in [-0.4, -0.2) is 68.2 Å². The second-order valence-electron chi connectivity index (χ2n) is 8.42. The van der Waals surface area contributed by atoms with Crippen molar-refractivity contribution in [3.63, 3.8) is 0 Å². The molecule has 1 saturated carbocycles. The maximum Gasteiger partial charge on any atom is 0.573 e. The standard InChI is InChI=1S/C20H26F3N3O4S/c21-20(22,23)30-17-2-1-3-18(12-17)31(28,29)26-10-6-14(7-11-26)19(27)24-15-8-9-25(13-15)16-4-5-16/h1-3,12,14-16H,4-11,13H2,(H,24,27). The molecule has 1 aromatic carbocycles. The van der Waals surface area contributed by atoms with Gasteiger partial charge < -0.3 is 10.1 Å². The van der Waals surface area contributed by atoms with E-state index in [0.717, 1.165) is 31.6 Å². The van der Waals surface area contributed by atoms with Crippen LogP contribution in [0, 0.1) is 5.92 Å². The van der Waals surface area contributed by atoms with E-state index in [1.807, 2.05) is 0 Å². The van der Waals surface area contributed by atoms with Crippen LogP contribution in [0.15, 0.2) is 29.2 Å². The van der Waals surface area contributed by atoms with Gasteiger partial charge in [-0.05, 0) is 44.2 Å². The largest absolute Gasteiger partial charge is 0.573 e. The monoisotopic (exact) mass is 461 g/mol. The zero-order valence-corrected chi connectivity index (χ0v) is 17.8. The number of halogens is 3. The summed E-state index contributed by atoms with van der Waals surface area (Å²) in [4.78, 5) is 14.8. The second kappa shape index (κ2) is 8.59. The van der Waals surface area contributed by atoms with Crippen molar-refractivity contribution in [2.45, 2.75) is 55.4 Å². The molecule has 3 fully saturated rings. The highest BCUT2D eigenvalue weighted by Crippen LogP contribution is 2.31. The van der Waals surface area contributed by atoms with E-state index < -0.39 is 22.1 Å². The summed E-state index contributed by atoms with van der Waals surface area (Å²) in [6.07, 6.45) is -0.738. The third-order valence-electron chi connectivity index (χ3n) is 6.13. The molecule has 0 aromatic heterocycles. The van der Waals surface area contributed by atoms with E-state index in [2.05, 4.69) is 15.0 Å². The summed E-state index contributed by atoms with van der Waals surface area (Å²) in [7, 11) is -3.97. The number of carbonyl (C=O) groups is 1. The Morgan fingerprint density at radius 1 is 1.06 bits per heavy atom. The zero-order valence-electron chi connectivity index (χ0n) is 17.0. The summed E-state index contributed by atoms with van der Waals surface area (Å²) in [5.74, 6) is -0.888. The molecule has 1 aliphatic carbocycles. The van der Waals surface area contributed by atoms with Crippen molar-refractivity contribution in [3.05, 3.63) is 24.3 Å². The van der Waals surface area contributed by atoms with Crippen molar-refractivity contribution < 1.29 is 31.1 Å². The summed E-state index contributed by atoms with van der Waals surface area (Å²) in [6, 6.07) is 5.19. The Labute approximate surface area is 179 Å². The van der Waals surface area contributed by atoms with Crippen molar-refractivity contribution in [2.75, 3.05) is 26.2 Å². The summed E-state index contributed by atoms with van der Waals surface area (Å²) < 4.78 is 68.0. The molecule has 0 bridgehead atoms. The van der Waals surface area contributed by atoms with Gasteiger partial charge in [0.2, 0.25) is 15.9 Å². The lowest BCUT2D eigenvalue weighted by Gasteiger charge is -2.31. The van der Waals surface area contributed by atoms with Crippen LogP contribution in [-0.2, 0) is 14.8 Å². The molecule has 0 radical (unpaired) electrons. The lowest BCUT2D eigenvalue weighted by molar-refractivity contribution is -0.274. The first-order valence-electron chi connectivity index (χ1n) is 10.5. The van der Waals surface area contributed by atoms with E-state index in [1.165, 1.54) is 29.3 Å². The molecule has 3 aliphatic rings. The number of rotatable bonds is 6. The number of amides is 1. The van der Waals surface area contributed by atoms with E-state index >= 15 is 0 Å². The molecule has 11 heteroatoms. The molecule has 1 aromatic rings. The van der Waals surface area contributed by atoms with Crippen LogP contribution in [0.25, 0.3) is 0 Å². The van der Waals surface area contributed by atoms with Crippen LogP contribution in [0.5, 0.6) is 5.75 Å². The number of nitrogens with one attached hydrogen (secondary N) is 1. The Bertz CT molecular complexity index is 912. The molecule has 2 aliphatic heterocycles. The van der Waals surface area contributed by atoms with E-state index in [9.17, 15) is 26.4 Å². The zero-order chi connectivity index (χ0) is 22.2. The highest BCUT2D eigenvalue weighted by molar-refractivity contribution is 7.89. The average molecular weight is 462 g/mol. The lowest BCUT2D eigenvalue weighted by Crippen LogP contribution is -2.46. The molecule has 1 unspecified atom stereocenters. The van der Waals surface area contributed by atoms with Crippen LogP contribution in [0.4, 0.5) is 13.2 Å². The SMILES string of the molecule is O=C(NC1CCN(C2CC2)C1)C1CCN(S(=O)(=O)c2cccc(OC(F)(F)F)c2)CC1. The third kappa shape index (κ3) is 5.50. The van der Waals surface area contributed by atoms with Gasteiger partial charge in [-0.2, -0.15) is 4.31 Å². The van der Waals surface area contributed by atoms with Crippen LogP contribution in [0.2, 0.25) is 0 Å². The lowest BCUT2D eigenvalue weighted by atomic mass is 9.97. The van der Waals surface area contributed by atoms with Crippen LogP contribution >= 0.6 is 0 Å². The van der Waals surface area contributed by atoms with Gasteiger partial charge in [0.25, 0.3) is 0 Å². The molecule has 1 amide bonds. The van der Waals surface area contributed by atoms with Crippen LogP contribution in [0.1, 0.15) is 32.1 Å². The Hall–Kier alpha value is -1.85. The molecule has 7 nitrogen and oxygen atoms in total. The molecular formula is C20H26F3N3O4S. The number of nitrogens with zero attached hydrogens (tertiary/aromatic N) is 2. The quantitative estimate of drug-likeness (QED) is 0.704. The summed E-state index contributed by atoms with van der Waals surface area (Å²) in [5, 5.41) is 3.10. The van der Waals surface area contributed by atoms with Gasteiger partial charge in [0, 0.05) is 50.2 Å². The number of carbonyl (C=O) groups excluding carboxylic acids is 1. The fourth-order valence-corrected chi connectivity index (χ4v) is 5.84. The summed E-state index contributed by atoms with van der Waals surface area (Å²) >= 11 is 0. The van der Waals surface area contributed by atoms with Gasteiger partial charge in [0.05, 0.1) is 4.90 Å². The smallest absolute Gasteiger partial charge is 0.406 e. The second-order valence-corrected chi connectivity index (χ2v) is 10.4. The normalized spacial score (nSPS) is 24.3. The number of alkyl halides is 3. The molecule has 4 rings (SSSR count). The number of ether oxygens (including phenoxy) is 1. The maximum absolute atomic E-state index is 12.8. The number of hydrogen-bond donors (Lipinski definition) is 1. The topological polar surface area (TPSA) is 79.0 Å². The Morgan fingerprint density at radius 3 is 2.42 bits per heavy atom. The first kappa shape index (κ1) is 22.3.